The molecule has 1 aromatic heterocycles. The lowest BCUT2D eigenvalue weighted by atomic mass is 10.3. The van der Waals surface area contributed by atoms with E-state index >= 15 is 0 Å². The van der Waals surface area contributed by atoms with Gasteiger partial charge in [0.25, 0.3) is 5.56 Å². The van der Waals surface area contributed by atoms with Gasteiger partial charge in [-0.2, -0.15) is 0 Å². The van der Waals surface area contributed by atoms with Crippen molar-refractivity contribution < 1.29 is 9.46 Å². The number of aromatic nitrogens is 2. The zero-order valence-corrected chi connectivity index (χ0v) is 11.0. The normalized spacial score (nSPS) is 15.1. The van der Waals surface area contributed by atoms with Gasteiger partial charge < -0.3 is 9.46 Å². The Hall–Kier alpha value is -1.71. The van der Waals surface area contributed by atoms with Crippen molar-refractivity contribution in [2.45, 2.75) is 0 Å². The van der Waals surface area contributed by atoms with Crippen LogP contribution in [-0.4, -0.2) is 21.1 Å². The Morgan fingerprint density at radius 3 is 2.72 bits per heavy atom. The van der Waals surface area contributed by atoms with Crippen LogP contribution in [0.3, 0.4) is 0 Å². The van der Waals surface area contributed by atoms with Gasteiger partial charge in [-0.3, -0.25) is 9.36 Å². The maximum Gasteiger partial charge on any atom is 0.276 e. The summed E-state index contributed by atoms with van der Waals surface area (Å²) in [7, 11) is -1.65. The maximum atomic E-state index is 12.0. The van der Waals surface area contributed by atoms with Crippen LogP contribution in [0.4, 0.5) is 0 Å². The van der Waals surface area contributed by atoms with Crippen molar-refractivity contribution in [1.82, 2.24) is 9.55 Å². The van der Waals surface area contributed by atoms with Crippen molar-refractivity contribution in [3.05, 3.63) is 46.1 Å². The minimum absolute atomic E-state index is 0.160. The first-order valence-electron chi connectivity index (χ1n) is 5.33. The number of rotatable bonds is 2. The second kappa shape index (κ2) is 4.52. The first-order valence-corrected chi connectivity index (χ1v) is 7.51. The summed E-state index contributed by atoms with van der Waals surface area (Å²) in [5.41, 5.74) is 1.26. The molecule has 0 saturated heterocycles. The van der Waals surface area contributed by atoms with E-state index in [4.69, 9.17) is 0 Å². The quantitative estimate of drug-likeness (QED) is 0.839. The number of aryl methyl sites for hydroxylation is 1. The second-order valence-corrected chi connectivity index (χ2v) is 6.29. The molecule has 6 heteroatoms. The SMILES string of the molecule is Cn1c(=O)c(/C=C/P(C)(=O)O)nc2ccccc21. The molecule has 1 N–H and O–H groups in total. The van der Waals surface area contributed by atoms with Crippen LogP contribution >= 0.6 is 7.37 Å². The Morgan fingerprint density at radius 1 is 1.39 bits per heavy atom. The minimum atomic E-state index is -3.30. The average Bonchev–Trinajstić information content (AvgIpc) is 2.31. The largest absolute Gasteiger partial charge is 0.342 e. The Balaban J connectivity index is 2.67. The second-order valence-electron chi connectivity index (χ2n) is 4.11. The van der Waals surface area contributed by atoms with Crippen LogP contribution in [0.2, 0.25) is 0 Å². The number of fused-ring (bicyclic) bond motifs is 1. The smallest absolute Gasteiger partial charge is 0.276 e. The van der Waals surface area contributed by atoms with Crippen molar-refractivity contribution in [3.63, 3.8) is 0 Å². The number of hydrogen-bond acceptors (Lipinski definition) is 3. The molecule has 18 heavy (non-hydrogen) atoms. The molecule has 0 radical (unpaired) electrons. The van der Waals surface area contributed by atoms with Gasteiger partial charge in [0, 0.05) is 19.5 Å². The molecule has 1 unspecified atom stereocenters. The van der Waals surface area contributed by atoms with Crippen LogP contribution in [-0.2, 0) is 11.6 Å². The number of benzene rings is 1. The Bertz CT molecular complexity index is 728. The Labute approximate surface area is 104 Å². The molecule has 0 saturated carbocycles. The molecular formula is C12H13N2O3P. The van der Waals surface area contributed by atoms with Crippen molar-refractivity contribution in [2.75, 3.05) is 6.66 Å². The van der Waals surface area contributed by atoms with Crippen molar-refractivity contribution >= 4 is 24.5 Å². The highest BCUT2D eigenvalue weighted by molar-refractivity contribution is 7.60. The first kappa shape index (κ1) is 12.7. The van der Waals surface area contributed by atoms with Gasteiger partial charge in [0.15, 0.2) is 0 Å². The summed E-state index contributed by atoms with van der Waals surface area (Å²) in [6.45, 7) is 1.20. The van der Waals surface area contributed by atoms with E-state index in [-0.39, 0.29) is 11.3 Å². The predicted octanol–water partition coefficient (Wildman–Crippen LogP) is 1.80. The highest BCUT2D eigenvalue weighted by Gasteiger charge is 2.08. The fourth-order valence-electron chi connectivity index (χ4n) is 1.62. The fraction of sp³-hybridized carbons (Fsp3) is 0.167. The van der Waals surface area contributed by atoms with E-state index in [1.165, 1.54) is 17.3 Å². The van der Waals surface area contributed by atoms with E-state index in [1.54, 1.807) is 19.2 Å². The molecule has 2 rings (SSSR count). The molecular weight excluding hydrogens is 251 g/mol. The van der Waals surface area contributed by atoms with E-state index in [1.807, 2.05) is 12.1 Å². The molecule has 0 bridgehead atoms. The lowest BCUT2D eigenvalue weighted by Gasteiger charge is -2.05. The van der Waals surface area contributed by atoms with Crippen molar-refractivity contribution in [1.29, 1.82) is 0 Å². The van der Waals surface area contributed by atoms with Crippen LogP contribution in [0.5, 0.6) is 0 Å². The van der Waals surface area contributed by atoms with Gasteiger partial charge in [-0.05, 0) is 18.2 Å². The van der Waals surface area contributed by atoms with Crippen LogP contribution in [0, 0.1) is 0 Å². The van der Waals surface area contributed by atoms with Crippen LogP contribution < -0.4 is 5.56 Å². The van der Waals surface area contributed by atoms with Gasteiger partial charge in [0.05, 0.1) is 11.0 Å². The molecule has 5 nitrogen and oxygen atoms in total. The summed E-state index contributed by atoms with van der Waals surface area (Å²) in [4.78, 5) is 25.3. The van der Waals surface area contributed by atoms with Crippen molar-refractivity contribution in [3.8, 4) is 0 Å². The molecule has 0 amide bonds. The fourth-order valence-corrected chi connectivity index (χ4v) is 2.04. The van der Waals surface area contributed by atoms with E-state index in [0.717, 1.165) is 11.3 Å². The highest BCUT2D eigenvalue weighted by atomic mass is 31.2. The molecule has 2 aromatic rings. The third kappa shape index (κ3) is 2.58. The van der Waals surface area contributed by atoms with Gasteiger partial charge in [-0.25, -0.2) is 4.98 Å². The first-order chi connectivity index (χ1) is 8.38. The van der Waals surface area contributed by atoms with E-state index in [2.05, 4.69) is 4.98 Å². The van der Waals surface area contributed by atoms with Crippen LogP contribution in [0.25, 0.3) is 17.1 Å². The number of nitrogens with zero attached hydrogens (tertiary/aromatic N) is 2. The molecule has 1 heterocycles. The number of hydrogen-bond donors (Lipinski definition) is 1. The van der Waals surface area contributed by atoms with Gasteiger partial charge in [-0.15, -0.1) is 0 Å². The summed E-state index contributed by atoms with van der Waals surface area (Å²) in [6.07, 6.45) is 1.30. The van der Waals surface area contributed by atoms with Crippen molar-refractivity contribution in [2.24, 2.45) is 7.05 Å². The average molecular weight is 264 g/mol. The molecule has 0 fully saturated rings. The molecule has 0 aliphatic heterocycles. The maximum absolute atomic E-state index is 12.0. The molecule has 1 atom stereocenters. The minimum Gasteiger partial charge on any atom is -0.342 e. The zero-order valence-electron chi connectivity index (χ0n) is 10.1. The van der Waals surface area contributed by atoms with E-state index in [0.29, 0.717) is 5.52 Å². The summed E-state index contributed by atoms with van der Waals surface area (Å²) in [5, 5.41) is 0. The van der Waals surface area contributed by atoms with Gasteiger partial charge in [0.2, 0.25) is 7.37 Å². The third-order valence-corrected chi connectivity index (χ3v) is 3.22. The van der Waals surface area contributed by atoms with E-state index < -0.39 is 7.37 Å². The Kier molecular flexibility index (Phi) is 3.20. The summed E-state index contributed by atoms with van der Waals surface area (Å²) in [5.74, 6) is 1.12. The zero-order chi connectivity index (χ0) is 13.3. The highest BCUT2D eigenvalue weighted by Crippen LogP contribution is 2.37. The topological polar surface area (TPSA) is 72.2 Å². The molecule has 0 aliphatic carbocycles. The third-order valence-electron chi connectivity index (χ3n) is 2.52. The molecule has 0 spiro atoms. The monoisotopic (exact) mass is 264 g/mol. The lowest BCUT2D eigenvalue weighted by molar-refractivity contribution is 0.496. The predicted molar refractivity (Wildman–Crippen MR) is 71.8 cm³/mol. The number of para-hydroxylation sites is 2. The molecule has 94 valence electrons. The molecule has 1 aromatic carbocycles. The standard InChI is InChI=1S/C12H13N2O3P/c1-14-11-6-4-3-5-9(11)13-10(12(14)15)7-8-18(2,16)17/h3-8H,1-2H3,(H,16,17)/b8-7+. The summed E-state index contributed by atoms with van der Waals surface area (Å²) < 4.78 is 12.7. The van der Waals surface area contributed by atoms with Gasteiger partial charge >= 0.3 is 0 Å². The van der Waals surface area contributed by atoms with Crippen LogP contribution in [0.1, 0.15) is 5.69 Å². The van der Waals surface area contributed by atoms with Gasteiger partial charge in [0.1, 0.15) is 5.69 Å². The molecule has 0 aliphatic rings. The summed E-state index contributed by atoms with van der Waals surface area (Å²) >= 11 is 0. The Morgan fingerprint density at radius 2 is 2.06 bits per heavy atom. The van der Waals surface area contributed by atoms with Gasteiger partial charge in [-0.1, -0.05) is 12.1 Å². The summed E-state index contributed by atoms with van der Waals surface area (Å²) in [6, 6.07) is 7.24. The lowest BCUT2D eigenvalue weighted by Crippen LogP contribution is -2.21. The van der Waals surface area contributed by atoms with Crippen LogP contribution in [0.15, 0.2) is 34.9 Å². The van der Waals surface area contributed by atoms with E-state index in [9.17, 15) is 14.3 Å².